The Morgan fingerprint density at radius 1 is 1.17 bits per heavy atom. The zero-order valence-corrected chi connectivity index (χ0v) is 15.0. The van der Waals surface area contributed by atoms with E-state index in [2.05, 4.69) is 9.97 Å². The van der Waals surface area contributed by atoms with E-state index in [1.54, 1.807) is 31.2 Å². The van der Waals surface area contributed by atoms with E-state index >= 15 is 0 Å². The summed E-state index contributed by atoms with van der Waals surface area (Å²) in [6.07, 6.45) is 1.51. The third kappa shape index (κ3) is 2.74. The molecule has 6 nitrogen and oxygen atoms in total. The molecule has 0 saturated carbocycles. The lowest BCUT2D eigenvalue weighted by molar-refractivity contribution is 0.331. The van der Waals surface area contributed by atoms with Crippen molar-refractivity contribution in [3.05, 3.63) is 46.9 Å². The minimum absolute atomic E-state index is 0.0654. The molecule has 3 rings (SSSR count). The first-order valence-corrected chi connectivity index (χ1v) is 9.16. The van der Waals surface area contributed by atoms with Gasteiger partial charge in [-0.05, 0) is 50.1 Å². The number of aromatic nitrogens is 3. The van der Waals surface area contributed by atoms with Crippen molar-refractivity contribution in [2.24, 2.45) is 0 Å². The van der Waals surface area contributed by atoms with Crippen molar-refractivity contribution in [2.45, 2.75) is 25.7 Å². The molecular weight excluding hydrogens is 350 g/mol. The van der Waals surface area contributed by atoms with Gasteiger partial charge in [-0.2, -0.15) is 9.97 Å². The average molecular weight is 366 g/mol. The summed E-state index contributed by atoms with van der Waals surface area (Å²) >= 11 is 5.95. The van der Waals surface area contributed by atoms with Crippen LogP contribution < -0.4 is 4.74 Å². The van der Waals surface area contributed by atoms with Gasteiger partial charge in [0.2, 0.25) is 11.2 Å². The van der Waals surface area contributed by atoms with Crippen LogP contribution in [0.25, 0.3) is 11.0 Å². The molecule has 0 amide bonds. The van der Waals surface area contributed by atoms with Crippen LogP contribution in [0.5, 0.6) is 5.88 Å². The number of rotatable bonds is 4. The molecule has 0 aliphatic rings. The van der Waals surface area contributed by atoms with Crippen LogP contribution in [0.15, 0.2) is 35.4 Å². The number of hydrogen-bond donors (Lipinski definition) is 0. The van der Waals surface area contributed by atoms with Gasteiger partial charge in [-0.3, -0.25) is 0 Å². The molecule has 0 aliphatic heterocycles. The fraction of sp³-hybridized carbons (Fsp3) is 0.250. The fourth-order valence-corrected chi connectivity index (χ4v) is 3.98. The van der Waals surface area contributed by atoms with Gasteiger partial charge in [-0.25, -0.2) is 12.4 Å². The van der Waals surface area contributed by atoms with Crippen LogP contribution in [0.4, 0.5) is 0 Å². The predicted molar refractivity (Wildman–Crippen MR) is 92.2 cm³/mol. The van der Waals surface area contributed by atoms with E-state index in [9.17, 15) is 8.42 Å². The van der Waals surface area contributed by atoms with E-state index in [4.69, 9.17) is 16.3 Å². The topological polar surface area (TPSA) is 74.1 Å². The number of ether oxygens (including phenoxy) is 1. The van der Waals surface area contributed by atoms with Crippen molar-refractivity contribution in [1.82, 2.24) is 13.9 Å². The molecule has 8 heteroatoms. The number of nitrogens with zero attached hydrogens (tertiary/aromatic N) is 3. The zero-order valence-electron chi connectivity index (χ0n) is 13.4. The van der Waals surface area contributed by atoms with Gasteiger partial charge in [0.15, 0.2) is 5.65 Å². The van der Waals surface area contributed by atoms with Crippen LogP contribution in [0.1, 0.15) is 18.1 Å². The van der Waals surface area contributed by atoms with Gasteiger partial charge >= 0.3 is 0 Å². The molecule has 2 heterocycles. The Balaban J connectivity index is 2.29. The van der Waals surface area contributed by atoms with Gasteiger partial charge in [-0.15, -0.1) is 0 Å². The number of benzene rings is 1. The minimum atomic E-state index is -3.80. The third-order valence-electron chi connectivity index (χ3n) is 3.60. The highest BCUT2D eigenvalue weighted by molar-refractivity contribution is 7.90. The van der Waals surface area contributed by atoms with Crippen LogP contribution >= 0.6 is 11.6 Å². The highest BCUT2D eigenvalue weighted by Crippen LogP contribution is 2.31. The Hall–Kier alpha value is -2.12. The van der Waals surface area contributed by atoms with Gasteiger partial charge in [0.05, 0.1) is 16.9 Å². The first-order chi connectivity index (χ1) is 11.3. The Morgan fingerprint density at radius 2 is 1.83 bits per heavy atom. The number of halogens is 1. The monoisotopic (exact) mass is 365 g/mol. The Bertz CT molecular complexity index is 1010. The molecule has 0 aliphatic carbocycles. The number of aryl methyl sites for hydroxylation is 2. The lowest BCUT2D eigenvalue weighted by Gasteiger charge is -2.08. The maximum atomic E-state index is 13.0. The average Bonchev–Trinajstić information content (AvgIpc) is 2.85. The second-order valence-corrected chi connectivity index (χ2v) is 7.51. The normalized spacial score (nSPS) is 11.8. The first-order valence-electron chi connectivity index (χ1n) is 7.35. The molecule has 1 aromatic carbocycles. The quantitative estimate of drug-likeness (QED) is 0.663. The molecule has 0 bridgehead atoms. The van der Waals surface area contributed by atoms with E-state index in [-0.39, 0.29) is 21.7 Å². The van der Waals surface area contributed by atoms with Crippen LogP contribution in [0.2, 0.25) is 5.28 Å². The number of fused-ring (bicyclic) bond motifs is 1. The molecule has 0 saturated heterocycles. The second-order valence-electron chi connectivity index (χ2n) is 5.36. The standard InChI is InChI=1S/C16H16ClN3O3S/c1-4-23-15-13-11(3)9-20(14(13)18-16(17)19-15)24(21,22)12-7-5-10(2)6-8-12/h5-9H,4H2,1-3H3. The van der Waals surface area contributed by atoms with E-state index < -0.39 is 10.0 Å². The van der Waals surface area contributed by atoms with Crippen molar-refractivity contribution in [2.75, 3.05) is 6.61 Å². The summed E-state index contributed by atoms with van der Waals surface area (Å²) in [5.74, 6) is 0.280. The first kappa shape index (κ1) is 16.7. The molecule has 0 radical (unpaired) electrons. The van der Waals surface area contributed by atoms with Crippen LogP contribution in [0, 0.1) is 13.8 Å². The van der Waals surface area contributed by atoms with Gasteiger partial charge in [0.25, 0.3) is 10.0 Å². The second kappa shape index (κ2) is 6.07. The Labute approximate surface area is 145 Å². The molecule has 0 unspecified atom stereocenters. The molecule has 0 atom stereocenters. The summed E-state index contributed by atoms with van der Waals surface area (Å²) < 4.78 is 32.6. The molecule has 126 valence electrons. The predicted octanol–water partition coefficient (Wildman–Crippen LogP) is 3.34. The highest BCUT2D eigenvalue weighted by Gasteiger charge is 2.24. The highest BCUT2D eigenvalue weighted by atomic mass is 35.5. The maximum absolute atomic E-state index is 13.0. The van der Waals surface area contributed by atoms with Gasteiger partial charge in [0.1, 0.15) is 0 Å². The van der Waals surface area contributed by atoms with Crippen molar-refractivity contribution >= 4 is 32.7 Å². The zero-order chi connectivity index (χ0) is 17.5. The van der Waals surface area contributed by atoms with Crippen LogP contribution in [0.3, 0.4) is 0 Å². The maximum Gasteiger partial charge on any atom is 0.269 e. The minimum Gasteiger partial charge on any atom is -0.477 e. The van der Waals surface area contributed by atoms with Crippen LogP contribution in [-0.2, 0) is 10.0 Å². The van der Waals surface area contributed by atoms with E-state index in [0.29, 0.717) is 17.6 Å². The SMILES string of the molecule is CCOc1nc(Cl)nc2c1c(C)cn2S(=O)(=O)c1ccc(C)cc1. The van der Waals surface area contributed by atoms with Crippen molar-refractivity contribution in [3.8, 4) is 5.88 Å². The van der Waals surface area contributed by atoms with Crippen LogP contribution in [-0.4, -0.2) is 29.0 Å². The van der Waals surface area contributed by atoms with E-state index in [0.717, 1.165) is 9.54 Å². The molecular formula is C16H16ClN3O3S. The fourth-order valence-electron chi connectivity index (χ4n) is 2.46. The summed E-state index contributed by atoms with van der Waals surface area (Å²) in [4.78, 5) is 8.34. The smallest absolute Gasteiger partial charge is 0.269 e. The lowest BCUT2D eigenvalue weighted by atomic mass is 10.2. The largest absolute Gasteiger partial charge is 0.477 e. The molecule has 3 aromatic rings. The van der Waals surface area contributed by atoms with Gasteiger partial charge < -0.3 is 4.74 Å². The number of hydrogen-bond acceptors (Lipinski definition) is 5. The molecule has 0 N–H and O–H groups in total. The van der Waals surface area contributed by atoms with Crippen molar-refractivity contribution < 1.29 is 13.2 Å². The molecule has 2 aromatic heterocycles. The summed E-state index contributed by atoms with van der Waals surface area (Å²) in [7, 11) is -3.80. The molecule has 0 fully saturated rings. The summed E-state index contributed by atoms with van der Waals surface area (Å²) in [6.45, 7) is 5.88. The van der Waals surface area contributed by atoms with Crippen molar-refractivity contribution in [1.29, 1.82) is 0 Å². The summed E-state index contributed by atoms with van der Waals surface area (Å²) in [5, 5.41) is 0.473. The Morgan fingerprint density at radius 3 is 2.46 bits per heavy atom. The van der Waals surface area contributed by atoms with Gasteiger partial charge in [0, 0.05) is 6.20 Å². The molecule has 24 heavy (non-hydrogen) atoms. The van der Waals surface area contributed by atoms with E-state index in [1.165, 1.54) is 6.20 Å². The van der Waals surface area contributed by atoms with Crippen molar-refractivity contribution in [3.63, 3.8) is 0 Å². The lowest BCUT2D eigenvalue weighted by Crippen LogP contribution is -2.12. The van der Waals surface area contributed by atoms with Gasteiger partial charge in [-0.1, -0.05) is 17.7 Å². The summed E-state index contributed by atoms with van der Waals surface area (Å²) in [6, 6.07) is 6.63. The third-order valence-corrected chi connectivity index (χ3v) is 5.44. The summed E-state index contributed by atoms with van der Waals surface area (Å²) in [5.41, 5.74) is 1.88. The van der Waals surface area contributed by atoms with E-state index in [1.807, 2.05) is 13.8 Å². The Kier molecular flexibility index (Phi) is 4.23. The molecule has 0 spiro atoms.